The van der Waals surface area contributed by atoms with E-state index in [1.165, 1.54) is 19.4 Å². The van der Waals surface area contributed by atoms with Crippen molar-refractivity contribution in [1.82, 2.24) is 0 Å². The molecule has 6 saturated heterocycles. The molecule has 21 heteroatoms. The van der Waals surface area contributed by atoms with Crippen LogP contribution in [0.2, 0.25) is 0 Å². The minimum absolute atomic E-state index is 0.0754. The molecule has 4 aliphatic carbocycles. The van der Waals surface area contributed by atoms with Gasteiger partial charge in [-0.1, -0.05) is 39.3 Å². The summed E-state index contributed by atoms with van der Waals surface area (Å²) in [6.45, 7) is 11.6. The molecule has 1 spiro atoms. The van der Waals surface area contributed by atoms with Gasteiger partial charge in [0.1, 0.15) is 85.5 Å². The number of fused-ring (bicyclic) bond motifs is 7. The Balaban J connectivity index is 0.842. The van der Waals surface area contributed by atoms with Crippen LogP contribution in [0, 0.1) is 46.3 Å². The molecule has 412 valence electrons. The van der Waals surface area contributed by atoms with Crippen LogP contribution in [0.25, 0.3) is 0 Å². The summed E-state index contributed by atoms with van der Waals surface area (Å²) in [5.74, 6) is 2.39. The summed E-state index contributed by atoms with van der Waals surface area (Å²) in [4.78, 5) is 0. The van der Waals surface area contributed by atoms with E-state index < -0.39 is 148 Å². The smallest absolute Gasteiger partial charge is 0.187 e. The fraction of sp³-hybridized carbons (Fsp3) is 0.961. The van der Waals surface area contributed by atoms with E-state index in [1.54, 1.807) is 0 Å². The molecule has 6 heterocycles. The van der Waals surface area contributed by atoms with Crippen molar-refractivity contribution >= 4 is 0 Å². The first-order chi connectivity index (χ1) is 34.1. The van der Waals surface area contributed by atoms with Gasteiger partial charge in [0, 0.05) is 12.3 Å². The Hall–Kier alpha value is -1.10. The van der Waals surface area contributed by atoms with Crippen LogP contribution in [0.4, 0.5) is 0 Å². The second-order valence-electron chi connectivity index (χ2n) is 23.9. The molecule has 21 nitrogen and oxygen atoms in total. The van der Waals surface area contributed by atoms with Crippen LogP contribution in [0.5, 0.6) is 0 Å². The van der Waals surface area contributed by atoms with Gasteiger partial charge in [0.2, 0.25) is 0 Å². The van der Waals surface area contributed by atoms with E-state index in [0.29, 0.717) is 48.3 Å². The molecule has 10 aliphatic rings. The normalized spacial score (nSPS) is 57.8. The Morgan fingerprint density at radius 3 is 1.75 bits per heavy atom. The summed E-state index contributed by atoms with van der Waals surface area (Å²) in [5.41, 5.74) is 1.39. The third-order valence-electron chi connectivity index (χ3n) is 19.8. The molecule has 0 aromatic rings. The number of hydrogen-bond acceptors (Lipinski definition) is 21. The summed E-state index contributed by atoms with van der Waals surface area (Å²) in [6, 6.07) is 0. The van der Waals surface area contributed by atoms with Gasteiger partial charge in [0.25, 0.3) is 0 Å². The van der Waals surface area contributed by atoms with E-state index in [1.807, 2.05) is 0 Å². The predicted octanol–water partition coefficient (Wildman–Crippen LogP) is -0.934. The summed E-state index contributed by atoms with van der Waals surface area (Å²) in [7, 11) is 0. The number of hydrogen-bond donors (Lipinski definition) is 11. The van der Waals surface area contributed by atoms with E-state index in [4.69, 9.17) is 47.4 Å². The molecule has 3 saturated carbocycles. The molecule has 72 heavy (non-hydrogen) atoms. The SMILES string of the molecule is C[C@@H]1CC[C@@]2(OC1)O[C@H]1C[C@H]3[C@@H]4CC=C5C[C@@H](O[C@@H]6O[C@H](CO)[C@@H](O[C@@H]7O[C@H](CO)[C@@H](O[C@@H]8O[C@@H](C)[C@H](O)[C@@H](O)[C@H]8O)[C@H](O)[C@H]7O)[C@H](O)[C@H]6O[C@@H]6O[C@@H](C)[C@H](O)[C@@H](O)[C@H]6O)CC[C@]5(C)[C@H]4CC[C@]3(C)[C@H]1[C@H]2C. The Labute approximate surface area is 420 Å². The standard InChI is InChI=1S/C51H82O21/c1-20-9-14-51(63-19-20)21(2)32-29(72-51)16-28-26-8-7-24-15-25(10-12-49(24,5)27(26)11-13-50(28,32)6)66-48-44(71-46-39(60)36(57)34(55)23(4)65-46)41(62)43(31(18-53)68-48)70-47-40(61)37(58)42(30(17-52)67-47)69-45-38(59)35(56)33(54)22(3)64-45/h7,20-23,25-48,52-62H,8-19H2,1-6H3/t20-,21-,22+,23+,25+,26-,27+,28+,29+,30-,31-,32+,33+,34+,35-,36-,37-,38-,39-,40-,41+,42-,43-,44-,45+,46+,47+,48-,49+,50+,51-/m1/s1. The molecule has 0 amide bonds. The molecule has 11 N–H and O–H groups in total. The highest BCUT2D eigenvalue weighted by Crippen LogP contribution is 2.71. The second-order valence-corrected chi connectivity index (χ2v) is 23.9. The first kappa shape index (κ1) is 54.3. The molecule has 9 fully saturated rings. The van der Waals surface area contributed by atoms with Gasteiger partial charge in [0.05, 0.1) is 44.2 Å². The molecule has 10 rings (SSSR count). The molecule has 6 aliphatic heterocycles. The minimum atomic E-state index is -1.96. The predicted molar refractivity (Wildman–Crippen MR) is 245 cm³/mol. The topological polar surface area (TPSA) is 315 Å². The second kappa shape index (κ2) is 20.6. The first-order valence-electron chi connectivity index (χ1n) is 26.7. The van der Waals surface area contributed by atoms with Crippen molar-refractivity contribution in [2.24, 2.45) is 46.3 Å². The fourth-order valence-electron chi connectivity index (χ4n) is 15.5. The van der Waals surface area contributed by atoms with Crippen molar-refractivity contribution < 1.29 is 104 Å². The number of rotatable bonds is 10. The van der Waals surface area contributed by atoms with Gasteiger partial charge in [0.15, 0.2) is 30.9 Å². The lowest BCUT2D eigenvalue weighted by atomic mass is 9.47. The fourth-order valence-corrected chi connectivity index (χ4v) is 15.5. The van der Waals surface area contributed by atoms with Gasteiger partial charge in [-0.2, -0.15) is 0 Å². The summed E-state index contributed by atoms with van der Waals surface area (Å²) in [5, 5.41) is 119. The largest absolute Gasteiger partial charge is 0.394 e. The lowest BCUT2D eigenvalue weighted by Crippen LogP contribution is -2.67. The Morgan fingerprint density at radius 2 is 1.15 bits per heavy atom. The van der Waals surface area contributed by atoms with Crippen molar-refractivity contribution in [3.05, 3.63) is 11.6 Å². The number of allylic oxidation sites excluding steroid dienone is 1. The van der Waals surface area contributed by atoms with E-state index in [-0.39, 0.29) is 16.9 Å². The van der Waals surface area contributed by atoms with Crippen LogP contribution in [-0.4, -0.2) is 217 Å². The number of aliphatic hydroxyl groups excluding tert-OH is 11. The van der Waals surface area contributed by atoms with E-state index in [0.717, 1.165) is 51.6 Å². The van der Waals surface area contributed by atoms with Crippen molar-refractivity contribution in [3.8, 4) is 0 Å². The van der Waals surface area contributed by atoms with Crippen molar-refractivity contribution in [2.75, 3.05) is 19.8 Å². The quantitative estimate of drug-likeness (QED) is 0.118. The molecule has 0 unspecified atom stereocenters. The average molecular weight is 1030 g/mol. The Bertz CT molecular complexity index is 1900. The zero-order valence-electron chi connectivity index (χ0n) is 42.2. The van der Waals surface area contributed by atoms with Gasteiger partial charge in [-0.15, -0.1) is 0 Å². The van der Waals surface area contributed by atoms with E-state index in [9.17, 15) is 56.2 Å². The molecular formula is C51H82O21. The summed E-state index contributed by atoms with van der Waals surface area (Å²) >= 11 is 0. The Morgan fingerprint density at radius 1 is 0.583 bits per heavy atom. The van der Waals surface area contributed by atoms with Crippen molar-refractivity contribution in [1.29, 1.82) is 0 Å². The molecule has 0 bridgehead atoms. The third-order valence-corrected chi connectivity index (χ3v) is 19.8. The van der Waals surface area contributed by atoms with Gasteiger partial charge < -0.3 is 104 Å². The Kier molecular flexibility index (Phi) is 15.5. The summed E-state index contributed by atoms with van der Waals surface area (Å²) in [6.07, 6.45) is -21.0. The third kappa shape index (κ3) is 9.09. The van der Waals surface area contributed by atoms with Gasteiger partial charge in [-0.05, 0) is 106 Å². The van der Waals surface area contributed by atoms with Crippen LogP contribution in [-0.2, 0) is 47.4 Å². The minimum Gasteiger partial charge on any atom is -0.394 e. The van der Waals surface area contributed by atoms with Crippen molar-refractivity contribution in [3.63, 3.8) is 0 Å². The van der Waals surface area contributed by atoms with Crippen LogP contribution in [0.15, 0.2) is 11.6 Å². The number of ether oxygens (including phenoxy) is 10. The molecular weight excluding hydrogens is 949 g/mol. The van der Waals surface area contributed by atoms with Crippen molar-refractivity contribution in [2.45, 2.75) is 240 Å². The maximum atomic E-state index is 12.3. The molecule has 0 radical (unpaired) electrons. The van der Waals surface area contributed by atoms with E-state index >= 15 is 0 Å². The van der Waals surface area contributed by atoms with E-state index in [2.05, 4.69) is 33.8 Å². The molecule has 31 atom stereocenters. The lowest BCUT2D eigenvalue weighted by molar-refractivity contribution is -0.395. The summed E-state index contributed by atoms with van der Waals surface area (Å²) < 4.78 is 61.9. The zero-order valence-corrected chi connectivity index (χ0v) is 42.2. The lowest BCUT2D eigenvalue weighted by Gasteiger charge is -2.59. The molecule has 0 aromatic heterocycles. The van der Waals surface area contributed by atoms with Crippen LogP contribution < -0.4 is 0 Å². The van der Waals surface area contributed by atoms with Gasteiger partial charge in [-0.25, -0.2) is 0 Å². The highest BCUT2D eigenvalue weighted by atomic mass is 16.8. The highest BCUT2D eigenvalue weighted by molar-refractivity contribution is 5.26. The van der Waals surface area contributed by atoms with Gasteiger partial charge in [-0.3, -0.25) is 0 Å². The first-order valence-corrected chi connectivity index (χ1v) is 26.7. The maximum absolute atomic E-state index is 12.3. The maximum Gasteiger partial charge on any atom is 0.187 e. The zero-order chi connectivity index (χ0) is 51.5. The average Bonchev–Trinajstić information content (AvgIpc) is 3.81. The number of aliphatic hydroxyl groups is 11. The van der Waals surface area contributed by atoms with Crippen LogP contribution >= 0.6 is 0 Å². The molecule has 0 aromatic carbocycles. The highest BCUT2D eigenvalue weighted by Gasteiger charge is 2.69. The van der Waals surface area contributed by atoms with Crippen LogP contribution in [0.3, 0.4) is 0 Å². The van der Waals surface area contributed by atoms with Gasteiger partial charge >= 0.3 is 0 Å². The monoisotopic (exact) mass is 1030 g/mol. The van der Waals surface area contributed by atoms with Crippen LogP contribution in [0.1, 0.15) is 99.3 Å².